The first-order chi connectivity index (χ1) is 15.6. The van der Waals surface area contributed by atoms with E-state index < -0.39 is 17.4 Å². The summed E-state index contributed by atoms with van der Waals surface area (Å²) in [6.07, 6.45) is 4.18. The minimum Gasteiger partial charge on any atom is -0.493 e. The quantitative estimate of drug-likeness (QED) is 0.677. The molecule has 2 amide bonds. The van der Waals surface area contributed by atoms with Gasteiger partial charge >= 0.3 is 0 Å². The number of carbonyl (C=O) groups is 2. The number of para-hydroxylation sites is 1. The molecule has 2 aromatic rings. The second kappa shape index (κ2) is 7.98. The van der Waals surface area contributed by atoms with Gasteiger partial charge in [0, 0.05) is 12.2 Å². The van der Waals surface area contributed by atoms with Gasteiger partial charge in [-0.1, -0.05) is 36.4 Å². The van der Waals surface area contributed by atoms with E-state index >= 15 is 0 Å². The molecule has 3 heterocycles. The normalized spacial score (nSPS) is 27.5. The van der Waals surface area contributed by atoms with E-state index in [1.807, 2.05) is 60.7 Å². The summed E-state index contributed by atoms with van der Waals surface area (Å²) in [5.41, 5.74) is 1.13. The largest absolute Gasteiger partial charge is 0.493 e. The van der Waals surface area contributed by atoms with Gasteiger partial charge in [0.05, 0.1) is 38.7 Å². The highest BCUT2D eigenvalue weighted by Crippen LogP contribution is 2.52. The van der Waals surface area contributed by atoms with Crippen molar-refractivity contribution in [2.75, 3.05) is 32.2 Å². The third-order valence-corrected chi connectivity index (χ3v) is 6.63. The van der Waals surface area contributed by atoms with Crippen molar-refractivity contribution >= 4 is 17.5 Å². The molecule has 0 unspecified atom stereocenters. The molecule has 3 aliphatic rings. The van der Waals surface area contributed by atoms with Crippen molar-refractivity contribution in [1.29, 1.82) is 0 Å². The van der Waals surface area contributed by atoms with E-state index in [-0.39, 0.29) is 17.9 Å². The van der Waals surface area contributed by atoms with Crippen molar-refractivity contribution in [2.24, 2.45) is 11.8 Å². The van der Waals surface area contributed by atoms with Crippen LogP contribution in [-0.2, 0) is 20.7 Å². The summed E-state index contributed by atoms with van der Waals surface area (Å²) in [4.78, 5) is 28.2. The van der Waals surface area contributed by atoms with Gasteiger partial charge in [0.25, 0.3) is 0 Å². The Kier molecular flexibility index (Phi) is 5.13. The van der Waals surface area contributed by atoms with Crippen LogP contribution in [0.2, 0.25) is 0 Å². The maximum absolute atomic E-state index is 13.3. The standard InChI is InChI=1S/C25H26N2O5/c1-30-18-9-8-16(14-20(18)31-2)11-13-26-23(28)21-19-10-12-25(32-19)15-27(24(29)22(21)25)17-6-4-3-5-7-17/h3-10,12,14,19,21-22H,11,13,15H2,1-2H3,(H,26,28)/t19-,21+,22-,25+/m1/s1. The van der Waals surface area contributed by atoms with E-state index in [0.717, 1.165) is 11.3 Å². The lowest BCUT2D eigenvalue weighted by Crippen LogP contribution is -2.44. The van der Waals surface area contributed by atoms with Crippen LogP contribution in [0.5, 0.6) is 11.5 Å². The van der Waals surface area contributed by atoms with Crippen LogP contribution in [0.25, 0.3) is 0 Å². The van der Waals surface area contributed by atoms with Gasteiger partial charge in [-0.2, -0.15) is 0 Å². The van der Waals surface area contributed by atoms with Crippen LogP contribution < -0.4 is 19.7 Å². The summed E-state index contributed by atoms with van der Waals surface area (Å²) in [7, 11) is 3.19. The number of nitrogens with one attached hydrogen (secondary N) is 1. The van der Waals surface area contributed by atoms with E-state index in [9.17, 15) is 9.59 Å². The molecule has 5 rings (SSSR count). The molecule has 1 N–H and O–H groups in total. The minimum atomic E-state index is -0.719. The van der Waals surface area contributed by atoms with Gasteiger partial charge < -0.3 is 24.4 Å². The highest BCUT2D eigenvalue weighted by atomic mass is 16.5. The second-order valence-corrected chi connectivity index (χ2v) is 8.39. The van der Waals surface area contributed by atoms with Crippen LogP contribution in [0.4, 0.5) is 5.69 Å². The Morgan fingerprint density at radius 3 is 2.69 bits per heavy atom. The lowest BCUT2D eigenvalue weighted by molar-refractivity contribution is -0.131. The molecule has 32 heavy (non-hydrogen) atoms. The number of hydrogen-bond donors (Lipinski definition) is 1. The highest BCUT2D eigenvalue weighted by Gasteiger charge is 2.66. The molecule has 166 valence electrons. The molecule has 2 bridgehead atoms. The molecule has 0 radical (unpaired) electrons. The van der Waals surface area contributed by atoms with Gasteiger partial charge in [0.15, 0.2) is 11.5 Å². The first kappa shape index (κ1) is 20.6. The summed E-state index contributed by atoms with van der Waals surface area (Å²) in [6, 6.07) is 15.2. The van der Waals surface area contributed by atoms with Gasteiger partial charge in [-0.25, -0.2) is 0 Å². The molecule has 4 atom stereocenters. The summed E-state index contributed by atoms with van der Waals surface area (Å²) in [5.74, 6) is 0.102. The zero-order valence-electron chi connectivity index (χ0n) is 18.1. The topological polar surface area (TPSA) is 77.1 Å². The smallest absolute Gasteiger partial charge is 0.234 e. The van der Waals surface area contributed by atoms with Gasteiger partial charge in [0.2, 0.25) is 11.8 Å². The third kappa shape index (κ3) is 3.24. The summed E-state index contributed by atoms with van der Waals surface area (Å²) < 4.78 is 16.8. The summed E-state index contributed by atoms with van der Waals surface area (Å²) in [6.45, 7) is 0.889. The predicted molar refractivity (Wildman–Crippen MR) is 119 cm³/mol. The number of rotatable bonds is 7. The molecule has 1 spiro atoms. The fraction of sp³-hybridized carbons (Fsp3) is 0.360. The van der Waals surface area contributed by atoms with Gasteiger partial charge in [0.1, 0.15) is 5.60 Å². The Bertz CT molecular complexity index is 1070. The average Bonchev–Trinajstić information content (AvgIpc) is 3.47. The first-order valence-corrected chi connectivity index (χ1v) is 10.8. The molecular formula is C25H26N2O5. The monoisotopic (exact) mass is 434 g/mol. The number of hydrogen-bond acceptors (Lipinski definition) is 5. The maximum Gasteiger partial charge on any atom is 0.234 e. The number of benzene rings is 2. The van der Waals surface area contributed by atoms with Crippen molar-refractivity contribution in [3.8, 4) is 11.5 Å². The molecule has 7 heteroatoms. The van der Waals surface area contributed by atoms with Crippen molar-refractivity contribution in [3.63, 3.8) is 0 Å². The van der Waals surface area contributed by atoms with Crippen LogP contribution in [-0.4, -0.2) is 50.8 Å². The van der Waals surface area contributed by atoms with Crippen LogP contribution in [0.1, 0.15) is 5.56 Å². The number of methoxy groups -OCH3 is 2. The Hall–Kier alpha value is -3.32. The molecule has 0 aliphatic carbocycles. The lowest BCUT2D eigenvalue weighted by Gasteiger charge is -2.23. The molecule has 7 nitrogen and oxygen atoms in total. The molecule has 2 fully saturated rings. The first-order valence-electron chi connectivity index (χ1n) is 10.8. The number of anilines is 1. The van der Waals surface area contributed by atoms with E-state index in [1.165, 1.54) is 0 Å². The van der Waals surface area contributed by atoms with E-state index in [1.54, 1.807) is 19.1 Å². The zero-order valence-corrected chi connectivity index (χ0v) is 18.1. The number of nitrogens with zero attached hydrogens (tertiary/aromatic N) is 1. The Balaban J connectivity index is 1.27. The Labute approximate surface area is 186 Å². The van der Waals surface area contributed by atoms with Gasteiger partial charge in [-0.3, -0.25) is 9.59 Å². The number of fused-ring (bicyclic) bond motifs is 1. The fourth-order valence-electron chi connectivity index (χ4n) is 5.11. The van der Waals surface area contributed by atoms with Crippen molar-refractivity contribution in [2.45, 2.75) is 18.1 Å². The molecule has 3 aliphatic heterocycles. The zero-order chi connectivity index (χ0) is 22.3. The highest BCUT2D eigenvalue weighted by molar-refractivity contribution is 6.03. The molecule has 2 aromatic carbocycles. The van der Waals surface area contributed by atoms with Gasteiger partial charge in [-0.05, 0) is 36.2 Å². The average molecular weight is 434 g/mol. The Morgan fingerprint density at radius 1 is 1.16 bits per heavy atom. The molecular weight excluding hydrogens is 408 g/mol. The molecule has 2 saturated heterocycles. The van der Waals surface area contributed by atoms with E-state index in [2.05, 4.69) is 5.32 Å². The number of ether oxygens (including phenoxy) is 3. The van der Waals surface area contributed by atoms with Crippen LogP contribution in [0.3, 0.4) is 0 Å². The van der Waals surface area contributed by atoms with E-state index in [4.69, 9.17) is 14.2 Å². The number of amides is 2. The van der Waals surface area contributed by atoms with Crippen molar-refractivity contribution in [1.82, 2.24) is 5.32 Å². The summed E-state index contributed by atoms with van der Waals surface area (Å²) >= 11 is 0. The number of carbonyl (C=O) groups excluding carboxylic acids is 2. The lowest BCUT2D eigenvalue weighted by atomic mass is 9.77. The third-order valence-electron chi connectivity index (χ3n) is 6.63. The summed E-state index contributed by atoms with van der Waals surface area (Å²) in [5, 5.41) is 3.01. The Morgan fingerprint density at radius 2 is 1.94 bits per heavy atom. The van der Waals surface area contributed by atoms with E-state index in [0.29, 0.717) is 31.0 Å². The molecule has 0 aromatic heterocycles. The van der Waals surface area contributed by atoms with Gasteiger partial charge in [-0.15, -0.1) is 0 Å². The predicted octanol–water partition coefficient (Wildman–Crippen LogP) is 2.35. The van der Waals surface area contributed by atoms with Crippen LogP contribution in [0.15, 0.2) is 60.7 Å². The van der Waals surface area contributed by atoms with Crippen LogP contribution in [0, 0.1) is 11.8 Å². The SMILES string of the molecule is COc1ccc(CCNC(=O)[C@H]2[C@H]3C=C[C@@]4(CN(c5ccccc5)C(=O)[C@@H]24)O3)cc1OC. The minimum absolute atomic E-state index is 0.0527. The van der Waals surface area contributed by atoms with Crippen molar-refractivity contribution < 1.29 is 23.8 Å². The van der Waals surface area contributed by atoms with Crippen LogP contribution >= 0.6 is 0 Å². The maximum atomic E-state index is 13.3. The van der Waals surface area contributed by atoms with Crippen molar-refractivity contribution in [3.05, 3.63) is 66.2 Å². The second-order valence-electron chi connectivity index (χ2n) is 8.39. The fourth-order valence-corrected chi connectivity index (χ4v) is 5.11. The molecule has 0 saturated carbocycles.